The lowest BCUT2D eigenvalue weighted by atomic mass is 10.1. The molecular formula is C15H20F2N2O. The van der Waals surface area contributed by atoms with Crippen molar-refractivity contribution in [2.45, 2.75) is 38.3 Å². The summed E-state index contributed by atoms with van der Waals surface area (Å²) in [6.07, 6.45) is 3.61. The van der Waals surface area contributed by atoms with E-state index < -0.39 is 11.6 Å². The van der Waals surface area contributed by atoms with Crippen molar-refractivity contribution in [1.29, 1.82) is 0 Å². The molecular weight excluding hydrogens is 262 g/mol. The predicted octanol–water partition coefficient (Wildman–Crippen LogP) is 2.46. The van der Waals surface area contributed by atoms with Crippen molar-refractivity contribution in [2.24, 2.45) is 0 Å². The molecule has 1 aromatic rings. The molecule has 0 aromatic heterocycles. The minimum atomic E-state index is -0.876. The molecule has 1 aromatic carbocycles. The third-order valence-corrected chi connectivity index (χ3v) is 3.70. The van der Waals surface area contributed by atoms with Gasteiger partial charge < -0.3 is 10.2 Å². The van der Waals surface area contributed by atoms with Gasteiger partial charge in [0.25, 0.3) is 0 Å². The summed E-state index contributed by atoms with van der Waals surface area (Å²) in [7, 11) is 1.69. The maximum Gasteiger partial charge on any atom is 0.222 e. The summed E-state index contributed by atoms with van der Waals surface area (Å²) in [5.41, 5.74) is 0.596. The van der Waals surface area contributed by atoms with Crippen LogP contribution in [0.25, 0.3) is 0 Å². The molecule has 0 aliphatic carbocycles. The summed E-state index contributed by atoms with van der Waals surface area (Å²) in [4.78, 5) is 13.5. The van der Waals surface area contributed by atoms with Crippen molar-refractivity contribution < 1.29 is 13.6 Å². The van der Waals surface area contributed by atoms with Crippen molar-refractivity contribution >= 4 is 5.91 Å². The number of benzene rings is 1. The molecule has 5 heteroatoms. The number of carbonyl (C=O) groups is 1. The first-order chi connectivity index (χ1) is 9.56. The number of amides is 1. The largest absolute Gasteiger partial charge is 0.341 e. The second kappa shape index (κ2) is 6.79. The first-order valence-electron chi connectivity index (χ1n) is 6.97. The van der Waals surface area contributed by atoms with Crippen LogP contribution in [0.4, 0.5) is 8.78 Å². The first kappa shape index (κ1) is 14.9. The van der Waals surface area contributed by atoms with Crippen molar-refractivity contribution in [3.05, 3.63) is 35.4 Å². The van der Waals surface area contributed by atoms with Crippen LogP contribution in [-0.2, 0) is 11.3 Å². The highest BCUT2D eigenvalue weighted by atomic mass is 19.2. The molecule has 1 amide bonds. The van der Waals surface area contributed by atoms with Gasteiger partial charge in [0, 0.05) is 26.1 Å². The second-order valence-electron chi connectivity index (χ2n) is 5.33. The van der Waals surface area contributed by atoms with Crippen LogP contribution in [-0.4, -0.2) is 30.4 Å². The molecule has 1 aliphatic heterocycles. The van der Waals surface area contributed by atoms with E-state index in [1.807, 2.05) is 0 Å². The van der Waals surface area contributed by atoms with Crippen LogP contribution in [0, 0.1) is 11.6 Å². The highest BCUT2D eigenvalue weighted by Gasteiger charge is 2.17. The Kier molecular flexibility index (Phi) is 5.06. The van der Waals surface area contributed by atoms with Gasteiger partial charge in [0.05, 0.1) is 0 Å². The molecule has 1 unspecified atom stereocenters. The van der Waals surface area contributed by atoms with Crippen LogP contribution >= 0.6 is 0 Å². The predicted molar refractivity (Wildman–Crippen MR) is 73.1 cm³/mol. The van der Waals surface area contributed by atoms with Gasteiger partial charge in [0.1, 0.15) is 0 Å². The van der Waals surface area contributed by atoms with E-state index in [1.54, 1.807) is 11.9 Å². The monoisotopic (exact) mass is 282 g/mol. The maximum absolute atomic E-state index is 13.1. The van der Waals surface area contributed by atoms with Crippen LogP contribution in [0.1, 0.15) is 31.2 Å². The Morgan fingerprint density at radius 2 is 2.20 bits per heavy atom. The molecule has 20 heavy (non-hydrogen) atoms. The Morgan fingerprint density at radius 3 is 2.85 bits per heavy atom. The Balaban J connectivity index is 1.81. The fraction of sp³-hybridized carbons (Fsp3) is 0.533. The second-order valence-corrected chi connectivity index (χ2v) is 5.33. The summed E-state index contributed by atoms with van der Waals surface area (Å²) < 4.78 is 25.9. The number of halogens is 2. The first-order valence-corrected chi connectivity index (χ1v) is 6.97. The smallest absolute Gasteiger partial charge is 0.222 e. The molecule has 1 N–H and O–H groups in total. The minimum Gasteiger partial charge on any atom is -0.341 e. The molecule has 0 radical (unpaired) electrons. The zero-order valence-corrected chi connectivity index (χ0v) is 11.7. The van der Waals surface area contributed by atoms with E-state index in [0.29, 0.717) is 24.6 Å². The summed E-state index contributed by atoms with van der Waals surface area (Å²) in [5, 5.41) is 3.35. The maximum atomic E-state index is 13.1. The highest BCUT2D eigenvalue weighted by Crippen LogP contribution is 2.14. The minimum absolute atomic E-state index is 0.0310. The lowest BCUT2D eigenvalue weighted by molar-refractivity contribution is -0.130. The van der Waals surface area contributed by atoms with Gasteiger partial charge in [-0.15, -0.1) is 0 Å². The normalized spacial score (nSPS) is 18.2. The zero-order valence-electron chi connectivity index (χ0n) is 11.7. The average molecular weight is 282 g/mol. The lowest BCUT2D eigenvalue weighted by Crippen LogP contribution is -2.29. The molecule has 1 atom stereocenters. The molecule has 0 bridgehead atoms. The van der Waals surface area contributed by atoms with E-state index in [2.05, 4.69) is 5.32 Å². The van der Waals surface area contributed by atoms with Crippen LogP contribution in [0.2, 0.25) is 0 Å². The van der Waals surface area contributed by atoms with Crippen molar-refractivity contribution in [3.63, 3.8) is 0 Å². The molecule has 1 fully saturated rings. The molecule has 3 nitrogen and oxygen atoms in total. The molecule has 0 saturated carbocycles. The molecule has 110 valence electrons. The van der Waals surface area contributed by atoms with Gasteiger partial charge >= 0.3 is 0 Å². The summed E-state index contributed by atoms with van der Waals surface area (Å²) >= 11 is 0. The van der Waals surface area contributed by atoms with Gasteiger partial charge in [-0.3, -0.25) is 4.79 Å². The molecule has 1 saturated heterocycles. The van der Waals surface area contributed by atoms with Gasteiger partial charge in [0.15, 0.2) is 11.6 Å². The fourth-order valence-electron chi connectivity index (χ4n) is 2.49. The number of carbonyl (C=O) groups excluding carboxylic acids is 1. The van der Waals surface area contributed by atoms with E-state index in [0.717, 1.165) is 31.5 Å². The number of nitrogens with one attached hydrogen (secondary N) is 1. The van der Waals surface area contributed by atoms with E-state index in [4.69, 9.17) is 0 Å². The van der Waals surface area contributed by atoms with Gasteiger partial charge in [-0.2, -0.15) is 0 Å². The highest BCUT2D eigenvalue weighted by molar-refractivity contribution is 5.75. The molecule has 2 rings (SSSR count). The van der Waals surface area contributed by atoms with Crippen molar-refractivity contribution in [1.82, 2.24) is 10.2 Å². The Morgan fingerprint density at radius 1 is 1.40 bits per heavy atom. The number of nitrogens with zero attached hydrogens (tertiary/aromatic N) is 1. The van der Waals surface area contributed by atoms with Crippen LogP contribution in [0.15, 0.2) is 18.2 Å². The Hall–Kier alpha value is -1.49. The third-order valence-electron chi connectivity index (χ3n) is 3.70. The van der Waals surface area contributed by atoms with Gasteiger partial charge in [-0.25, -0.2) is 8.78 Å². The standard InChI is InChI=1S/C15H20F2N2O/c1-19(10-11-4-6-13(16)14(17)9-11)15(20)7-5-12-3-2-8-18-12/h4,6,9,12,18H,2-3,5,7-8,10H2,1H3. The Labute approximate surface area is 118 Å². The summed E-state index contributed by atoms with van der Waals surface area (Å²) in [6, 6.07) is 4.17. The SMILES string of the molecule is CN(Cc1ccc(F)c(F)c1)C(=O)CCC1CCCN1. The molecule has 0 spiro atoms. The van der Waals surface area contributed by atoms with Gasteiger partial charge in [0.2, 0.25) is 5.91 Å². The molecule has 1 heterocycles. The average Bonchev–Trinajstić information content (AvgIpc) is 2.93. The topological polar surface area (TPSA) is 32.3 Å². The number of hydrogen-bond acceptors (Lipinski definition) is 2. The van der Waals surface area contributed by atoms with Crippen molar-refractivity contribution in [3.8, 4) is 0 Å². The number of hydrogen-bond donors (Lipinski definition) is 1. The van der Waals surface area contributed by atoms with E-state index in [-0.39, 0.29) is 5.91 Å². The van der Waals surface area contributed by atoms with E-state index in [9.17, 15) is 13.6 Å². The van der Waals surface area contributed by atoms with Crippen LogP contribution < -0.4 is 5.32 Å². The van der Waals surface area contributed by atoms with Crippen LogP contribution in [0.3, 0.4) is 0 Å². The summed E-state index contributed by atoms with van der Waals surface area (Å²) in [6.45, 7) is 1.33. The zero-order chi connectivity index (χ0) is 14.5. The van der Waals surface area contributed by atoms with E-state index >= 15 is 0 Å². The fourth-order valence-corrected chi connectivity index (χ4v) is 2.49. The molecule has 1 aliphatic rings. The number of rotatable bonds is 5. The van der Waals surface area contributed by atoms with Gasteiger partial charge in [-0.05, 0) is 43.5 Å². The van der Waals surface area contributed by atoms with Gasteiger partial charge in [-0.1, -0.05) is 6.07 Å². The quantitative estimate of drug-likeness (QED) is 0.899. The third kappa shape index (κ3) is 4.00. The summed E-state index contributed by atoms with van der Waals surface area (Å²) in [5.74, 6) is -1.71. The van der Waals surface area contributed by atoms with E-state index in [1.165, 1.54) is 12.5 Å². The van der Waals surface area contributed by atoms with Crippen LogP contribution in [0.5, 0.6) is 0 Å². The lowest BCUT2D eigenvalue weighted by Gasteiger charge is -2.18. The van der Waals surface area contributed by atoms with Crippen molar-refractivity contribution in [2.75, 3.05) is 13.6 Å². The Bertz CT molecular complexity index is 473.